The van der Waals surface area contributed by atoms with Crippen molar-refractivity contribution in [3.05, 3.63) is 39.8 Å². The van der Waals surface area contributed by atoms with Gasteiger partial charge in [-0.3, -0.25) is 14.3 Å². The number of nitrogens with one attached hydrogen (secondary N) is 1. The third-order valence-electron chi connectivity index (χ3n) is 6.55. The summed E-state index contributed by atoms with van der Waals surface area (Å²) >= 11 is 0. The number of rotatable bonds is 3. The highest BCUT2D eigenvalue weighted by atomic mass is 16.5. The fourth-order valence-electron chi connectivity index (χ4n) is 4.55. The molecule has 0 bridgehead atoms. The van der Waals surface area contributed by atoms with Crippen LogP contribution in [0.3, 0.4) is 0 Å². The Bertz CT molecular complexity index is 1180. The monoisotopic (exact) mass is 409 g/mol. The highest BCUT2D eigenvalue weighted by molar-refractivity contribution is 6.07. The molecule has 8 heteroatoms. The van der Waals surface area contributed by atoms with Gasteiger partial charge in [0.1, 0.15) is 0 Å². The maximum absolute atomic E-state index is 13.2. The van der Waals surface area contributed by atoms with Crippen LogP contribution in [0.4, 0.5) is 0 Å². The van der Waals surface area contributed by atoms with E-state index in [4.69, 9.17) is 4.74 Å². The molecule has 0 saturated carbocycles. The number of pyridine rings is 1. The van der Waals surface area contributed by atoms with Crippen LogP contribution in [0.15, 0.2) is 23.1 Å². The number of hydrogen-bond acceptors (Lipinski definition) is 5. The van der Waals surface area contributed by atoms with Crippen LogP contribution in [0.25, 0.3) is 21.8 Å². The average Bonchev–Trinajstić information content (AvgIpc) is 3.13. The van der Waals surface area contributed by atoms with Crippen LogP contribution in [0.2, 0.25) is 0 Å². The number of likely N-dealkylation sites (N-methyl/N-ethyl adjacent to an activating group) is 1. The summed E-state index contributed by atoms with van der Waals surface area (Å²) in [7, 11) is 4.08. The number of likely N-dealkylation sites (tertiary alicyclic amines) is 1. The van der Waals surface area contributed by atoms with Crippen molar-refractivity contribution in [1.82, 2.24) is 24.6 Å². The largest absolute Gasteiger partial charge is 0.381 e. The van der Waals surface area contributed by atoms with Gasteiger partial charge < -0.3 is 19.5 Å². The third kappa shape index (κ3) is 3.02. The van der Waals surface area contributed by atoms with Gasteiger partial charge in [0.25, 0.3) is 11.5 Å². The fraction of sp³-hybridized carbons (Fsp3) is 0.500. The first-order valence-corrected chi connectivity index (χ1v) is 10.5. The molecule has 1 N–H and O–H groups in total. The number of aromatic nitrogens is 3. The van der Waals surface area contributed by atoms with Crippen molar-refractivity contribution in [2.24, 2.45) is 0 Å². The Morgan fingerprint density at radius 2 is 1.93 bits per heavy atom. The Morgan fingerprint density at radius 3 is 2.63 bits per heavy atom. The molecule has 0 aliphatic carbocycles. The number of aromatic amines is 1. The standard InChI is InChI=1S/C22H27N5O3/c1-13-8-19-17(9-16(13)22(29)26-11-15(12-26)25(2)3)20-18(21(28)24-19)10-23-27(20)14-4-6-30-7-5-14/h8-10,14-15H,4-7,11-12H2,1-3H3,(H,24,28). The van der Waals surface area contributed by atoms with Gasteiger partial charge >= 0.3 is 0 Å². The van der Waals surface area contributed by atoms with Crippen molar-refractivity contribution in [3.63, 3.8) is 0 Å². The van der Waals surface area contributed by atoms with Gasteiger partial charge in [-0.1, -0.05) is 0 Å². The number of carbonyl (C=O) groups excluding carboxylic acids is 1. The maximum atomic E-state index is 13.2. The van der Waals surface area contributed by atoms with Crippen molar-refractivity contribution in [3.8, 4) is 0 Å². The van der Waals surface area contributed by atoms with Crippen LogP contribution in [0, 0.1) is 6.92 Å². The molecule has 2 aliphatic rings. The van der Waals surface area contributed by atoms with Crippen molar-refractivity contribution in [2.75, 3.05) is 40.4 Å². The normalized spacial score (nSPS) is 18.5. The zero-order valence-corrected chi connectivity index (χ0v) is 17.6. The van der Waals surface area contributed by atoms with E-state index in [1.165, 1.54) is 0 Å². The van der Waals surface area contributed by atoms with Crippen LogP contribution < -0.4 is 5.56 Å². The number of hydrogen-bond donors (Lipinski definition) is 1. The lowest BCUT2D eigenvalue weighted by Crippen LogP contribution is -2.59. The first-order valence-electron chi connectivity index (χ1n) is 10.5. The summed E-state index contributed by atoms with van der Waals surface area (Å²) in [6.07, 6.45) is 3.37. The lowest BCUT2D eigenvalue weighted by molar-refractivity contribution is 0.0399. The van der Waals surface area contributed by atoms with Gasteiger partial charge in [-0.25, -0.2) is 0 Å². The molecule has 1 aromatic carbocycles. The molecule has 2 aliphatic heterocycles. The molecule has 1 amide bonds. The van der Waals surface area contributed by atoms with Gasteiger partial charge in [0, 0.05) is 43.3 Å². The molecule has 2 saturated heterocycles. The van der Waals surface area contributed by atoms with E-state index in [0.29, 0.717) is 30.2 Å². The van der Waals surface area contributed by atoms with Crippen LogP contribution in [-0.4, -0.2) is 76.9 Å². The van der Waals surface area contributed by atoms with Gasteiger partial charge in [0.05, 0.1) is 28.7 Å². The van der Waals surface area contributed by atoms with Gasteiger partial charge in [-0.15, -0.1) is 0 Å². The van der Waals surface area contributed by atoms with Gasteiger partial charge in [-0.2, -0.15) is 5.10 Å². The Balaban J connectivity index is 1.62. The molecule has 8 nitrogen and oxygen atoms in total. The zero-order chi connectivity index (χ0) is 21.0. The number of H-pyrrole nitrogens is 1. The summed E-state index contributed by atoms with van der Waals surface area (Å²) in [6, 6.07) is 4.45. The van der Waals surface area contributed by atoms with E-state index >= 15 is 0 Å². The first-order chi connectivity index (χ1) is 14.4. The van der Waals surface area contributed by atoms with E-state index in [1.54, 1.807) is 6.20 Å². The van der Waals surface area contributed by atoms with E-state index in [-0.39, 0.29) is 17.5 Å². The second kappa shape index (κ2) is 7.21. The number of carbonyl (C=O) groups is 1. The van der Waals surface area contributed by atoms with Gasteiger partial charge in [0.15, 0.2) is 0 Å². The van der Waals surface area contributed by atoms with E-state index in [2.05, 4.69) is 15.0 Å². The summed E-state index contributed by atoms with van der Waals surface area (Å²) in [5.41, 5.74) is 2.96. The fourth-order valence-corrected chi connectivity index (χ4v) is 4.55. The molecule has 4 heterocycles. The minimum Gasteiger partial charge on any atom is -0.381 e. The molecule has 2 fully saturated rings. The predicted molar refractivity (Wildman–Crippen MR) is 115 cm³/mol. The van der Waals surface area contributed by atoms with Crippen LogP contribution in [-0.2, 0) is 4.74 Å². The van der Waals surface area contributed by atoms with Crippen LogP contribution in [0.5, 0.6) is 0 Å². The lowest BCUT2D eigenvalue weighted by atomic mass is 9.99. The molecule has 2 aromatic heterocycles. The maximum Gasteiger partial charge on any atom is 0.259 e. The Hall–Kier alpha value is -2.71. The minimum absolute atomic E-state index is 0.0454. The smallest absolute Gasteiger partial charge is 0.259 e. The molecule has 0 atom stereocenters. The van der Waals surface area contributed by atoms with Crippen molar-refractivity contribution in [2.45, 2.75) is 31.8 Å². The molecular weight excluding hydrogens is 382 g/mol. The second-order valence-electron chi connectivity index (χ2n) is 8.69. The number of benzene rings is 1. The zero-order valence-electron chi connectivity index (χ0n) is 17.6. The number of nitrogens with zero attached hydrogens (tertiary/aromatic N) is 4. The highest BCUT2D eigenvalue weighted by Gasteiger charge is 2.33. The Morgan fingerprint density at radius 1 is 1.20 bits per heavy atom. The van der Waals surface area contributed by atoms with Crippen LogP contribution in [0.1, 0.15) is 34.8 Å². The van der Waals surface area contributed by atoms with E-state index in [9.17, 15) is 9.59 Å². The summed E-state index contributed by atoms with van der Waals surface area (Å²) in [5.74, 6) is 0.0454. The first kappa shape index (κ1) is 19.3. The number of amides is 1. The van der Waals surface area contributed by atoms with Gasteiger partial charge in [-0.05, 0) is 51.6 Å². The Kier molecular flexibility index (Phi) is 4.63. The third-order valence-corrected chi connectivity index (χ3v) is 6.55. The number of aryl methyl sites for hydroxylation is 1. The predicted octanol–water partition coefficient (Wildman–Crippen LogP) is 1.92. The molecule has 30 heavy (non-hydrogen) atoms. The second-order valence-corrected chi connectivity index (χ2v) is 8.69. The quantitative estimate of drug-likeness (QED) is 0.715. The Labute approximate surface area is 174 Å². The summed E-state index contributed by atoms with van der Waals surface area (Å²) in [4.78, 5) is 32.9. The van der Waals surface area contributed by atoms with E-state index in [0.717, 1.165) is 47.9 Å². The SMILES string of the molecule is Cc1cc2[nH]c(=O)c3cnn(C4CCOCC4)c3c2cc1C(=O)N1CC(N(C)C)C1. The lowest BCUT2D eigenvalue weighted by Gasteiger charge is -2.43. The molecule has 3 aromatic rings. The molecule has 5 rings (SSSR count). The van der Waals surface area contributed by atoms with Crippen molar-refractivity contribution >= 4 is 27.7 Å². The van der Waals surface area contributed by atoms with Crippen molar-refractivity contribution < 1.29 is 9.53 Å². The highest BCUT2D eigenvalue weighted by Crippen LogP contribution is 2.30. The molecule has 158 valence electrons. The minimum atomic E-state index is -0.147. The van der Waals surface area contributed by atoms with Gasteiger partial charge in [0.2, 0.25) is 0 Å². The summed E-state index contributed by atoms with van der Waals surface area (Å²) < 4.78 is 7.46. The van der Waals surface area contributed by atoms with Crippen LogP contribution >= 0.6 is 0 Å². The number of ether oxygens (including phenoxy) is 1. The topological polar surface area (TPSA) is 83.5 Å². The number of fused-ring (bicyclic) bond motifs is 3. The summed E-state index contributed by atoms with van der Waals surface area (Å²) in [6.45, 7) is 4.79. The van der Waals surface area contributed by atoms with Crippen molar-refractivity contribution in [1.29, 1.82) is 0 Å². The summed E-state index contributed by atoms with van der Waals surface area (Å²) in [5, 5.41) is 5.99. The van der Waals surface area contributed by atoms with E-state index < -0.39 is 0 Å². The van der Waals surface area contributed by atoms with E-state index in [1.807, 2.05) is 42.7 Å². The average molecular weight is 409 g/mol. The molecule has 0 radical (unpaired) electrons. The molecular formula is C22H27N5O3. The molecule has 0 spiro atoms. The molecule has 0 unspecified atom stereocenters.